The van der Waals surface area contributed by atoms with E-state index in [0.29, 0.717) is 11.1 Å². The fourth-order valence-corrected chi connectivity index (χ4v) is 4.09. The van der Waals surface area contributed by atoms with Crippen molar-refractivity contribution >= 4 is 29.7 Å². The number of rotatable bonds is 20. The van der Waals surface area contributed by atoms with Crippen LogP contribution in [0.5, 0.6) is 23.0 Å². The molecular formula is C39H44O7. The summed E-state index contributed by atoms with van der Waals surface area (Å²) < 4.78 is 5.17. The smallest absolute Gasteiger partial charge is 0.336 e. The van der Waals surface area contributed by atoms with Crippen LogP contribution in [0.1, 0.15) is 75.8 Å². The molecule has 0 saturated heterocycles. The third-order valence-electron chi connectivity index (χ3n) is 6.59. The van der Waals surface area contributed by atoms with Gasteiger partial charge in [-0.1, -0.05) is 124 Å². The fourth-order valence-electron chi connectivity index (χ4n) is 4.09. The minimum atomic E-state index is -0.664. The van der Waals surface area contributed by atoms with E-state index in [0.717, 1.165) is 6.42 Å². The van der Waals surface area contributed by atoms with Gasteiger partial charge in [0.25, 0.3) is 0 Å². The first-order valence-corrected chi connectivity index (χ1v) is 15.6. The van der Waals surface area contributed by atoms with Crippen molar-refractivity contribution in [1.82, 2.24) is 0 Å². The Bertz CT molecular complexity index is 1490. The zero-order valence-electron chi connectivity index (χ0n) is 26.4. The molecule has 0 atom stereocenters. The molecule has 0 aromatic heterocycles. The van der Waals surface area contributed by atoms with Gasteiger partial charge < -0.3 is 20.1 Å². The molecule has 2 aromatic carbocycles. The first-order valence-electron chi connectivity index (χ1n) is 15.6. The summed E-state index contributed by atoms with van der Waals surface area (Å²) in [5.41, 5.74) is 0.958. The Hall–Kier alpha value is -5.17. The van der Waals surface area contributed by atoms with Crippen LogP contribution < -0.4 is 4.74 Å². The zero-order valence-corrected chi connectivity index (χ0v) is 26.4. The van der Waals surface area contributed by atoms with Crippen molar-refractivity contribution in [1.29, 1.82) is 0 Å². The molecule has 0 aliphatic heterocycles. The van der Waals surface area contributed by atoms with Crippen molar-refractivity contribution in [3.8, 4) is 23.0 Å². The maximum absolute atomic E-state index is 12.2. The third kappa shape index (κ3) is 16.6. The highest BCUT2D eigenvalue weighted by atomic mass is 16.5. The predicted molar refractivity (Wildman–Crippen MR) is 185 cm³/mol. The van der Waals surface area contributed by atoms with Gasteiger partial charge in [-0.05, 0) is 60.4 Å². The Kier molecular flexibility index (Phi) is 18.0. The molecule has 0 radical (unpaired) electrons. The third-order valence-corrected chi connectivity index (χ3v) is 6.59. The summed E-state index contributed by atoms with van der Waals surface area (Å²) in [6, 6.07) is 8.38. The molecule has 0 spiro atoms. The number of unbranched alkanes of at least 4 members (excludes halogenated alkanes) is 7. The summed E-state index contributed by atoms with van der Waals surface area (Å²) in [5, 5.41) is 29.1. The van der Waals surface area contributed by atoms with Gasteiger partial charge in [-0.25, -0.2) is 4.79 Å². The molecule has 7 nitrogen and oxygen atoms in total. The summed E-state index contributed by atoms with van der Waals surface area (Å²) in [6.07, 6.45) is 33.3. The summed E-state index contributed by atoms with van der Waals surface area (Å²) in [7, 11) is 0. The highest BCUT2D eigenvalue weighted by Crippen LogP contribution is 2.28. The van der Waals surface area contributed by atoms with E-state index in [-0.39, 0.29) is 29.4 Å². The van der Waals surface area contributed by atoms with E-state index in [1.54, 1.807) is 18.2 Å². The van der Waals surface area contributed by atoms with Gasteiger partial charge in [-0.2, -0.15) is 0 Å². The lowest BCUT2D eigenvalue weighted by molar-refractivity contribution is -0.129. The molecule has 0 amide bonds. The van der Waals surface area contributed by atoms with E-state index in [4.69, 9.17) is 4.74 Å². The summed E-state index contributed by atoms with van der Waals surface area (Å²) in [5.74, 6) is -2.46. The molecule has 46 heavy (non-hydrogen) atoms. The molecule has 2 aromatic rings. The van der Waals surface area contributed by atoms with Gasteiger partial charge in [-0.3, -0.25) is 9.59 Å². The lowest BCUT2D eigenvalue weighted by atomic mass is 10.1. The second-order valence-corrected chi connectivity index (χ2v) is 10.5. The molecule has 7 heteroatoms. The second kappa shape index (κ2) is 22.4. The van der Waals surface area contributed by atoms with Gasteiger partial charge >= 0.3 is 5.97 Å². The van der Waals surface area contributed by atoms with E-state index in [1.165, 1.54) is 112 Å². The van der Waals surface area contributed by atoms with Crippen molar-refractivity contribution in [2.75, 3.05) is 0 Å². The Labute approximate surface area is 271 Å². The number of ether oxygens (including phenoxy) is 1. The van der Waals surface area contributed by atoms with Crippen LogP contribution in [0.3, 0.4) is 0 Å². The van der Waals surface area contributed by atoms with Gasteiger partial charge in [0.15, 0.2) is 34.6 Å². The van der Waals surface area contributed by atoms with E-state index in [2.05, 4.69) is 19.1 Å². The number of esters is 1. The quantitative estimate of drug-likeness (QED) is 0.0256. The van der Waals surface area contributed by atoms with Crippen molar-refractivity contribution in [2.45, 2.75) is 64.7 Å². The summed E-state index contributed by atoms with van der Waals surface area (Å²) in [6.45, 7) is 2.24. The molecule has 0 aliphatic rings. The van der Waals surface area contributed by atoms with Crippen LogP contribution >= 0.6 is 0 Å². The number of carbonyl (C=O) groups excluding carboxylic acids is 3. The molecule has 242 valence electrons. The lowest BCUT2D eigenvalue weighted by Crippen LogP contribution is -2.03. The fraction of sp³-hybridized carbons (Fsp3) is 0.256. The van der Waals surface area contributed by atoms with Crippen LogP contribution in [0.2, 0.25) is 0 Å². The average Bonchev–Trinajstić information content (AvgIpc) is 3.03. The highest BCUT2D eigenvalue weighted by molar-refractivity contribution is 6.10. The summed E-state index contributed by atoms with van der Waals surface area (Å²) in [4.78, 5) is 36.3. The number of ketones is 2. The molecular weight excluding hydrogens is 580 g/mol. The maximum Gasteiger partial charge on any atom is 0.336 e. The van der Waals surface area contributed by atoms with Crippen molar-refractivity contribution in [3.63, 3.8) is 0 Å². The maximum atomic E-state index is 12.2. The minimum Gasteiger partial charge on any atom is -0.504 e. The zero-order chi connectivity index (χ0) is 33.4. The molecule has 0 unspecified atom stereocenters. The number of hydrogen-bond donors (Lipinski definition) is 3. The Morgan fingerprint density at radius 2 is 1.15 bits per heavy atom. The van der Waals surface area contributed by atoms with Crippen LogP contribution in [0.4, 0.5) is 0 Å². The highest BCUT2D eigenvalue weighted by Gasteiger charge is 2.08. The standard InChI is InChI=1S/C39H44O7/c1-2-3-4-5-6-7-8-9-10-11-12-13-14-15-16-17-18-19-39(45)46-38-27-23-32(29-37(38)44)21-25-34(41)30-33(40)24-20-31-22-26-35(42)36(43)28-31/h10-29,42-44H,2-9,30H2,1H3. The van der Waals surface area contributed by atoms with Crippen LogP contribution in [0.15, 0.2) is 109 Å². The van der Waals surface area contributed by atoms with Crippen molar-refractivity contribution < 1.29 is 34.4 Å². The summed E-state index contributed by atoms with van der Waals surface area (Å²) >= 11 is 0. The van der Waals surface area contributed by atoms with Gasteiger partial charge in [0.1, 0.15) is 0 Å². The van der Waals surface area contributed by atoms with E-state index < -0.39 is 17.5 Å². The Balaban J connectivity index is 1.69. The number of benzene rings is 2. The van der Waals surface area contributed by atoms with E-state index >= 15 is 0 Å². The second-order valence-electron chi connectivity index (χ2n) is 10.5. The van der Waals surface area contributed by atoms with Gasteiger partial charge in [0.05, 0.1) is 6.42 Å². The Morgan fingerprint density at radius 1 is 0.609 bits per heavy atom. The first-order chi connectivity index (χ1) is 22.3. The van der Waals surface area contributed by atoms with E-state index in [1.807, 2.05) is 24.3 Å². The topological polar surface area (TPSA) is 121 Å². The van der Waals surface area contributed by atoms with Crippen LogP contribution in [-0.2, 0) is 14.4 Å². The van der Waals surface area contributed by atoms with Crippen LogP contribution in [-0.4, -0.2) is 32.9 Å². The number of phenolic OH excluding ortho intramolecular Hbond substituents is 3. The van der Waals surface area contributed by atoms with Crippen molar-refractivity contribution in [2.24, 2.45) is 0 Å². The number of hydrogen-bond acceptors (Lipinski definition) is 7. The molecule has 0 saturated carbocycles. The number of carbonyl (C=O) groups is 3. The molecule has 0 heterocycles. The van der Waals surface area contributed by atoms with Crippen LogP contribution in [0.25, 0.3) is 12.2 Å². The predicted octanol–water partition coefficient (Wildman–Crippen LogP) is 8.89. The average molecular weight is 625 g/mol. The lowest BCUT2D eigenvalue weighted by Gasteiger charge is -2.04. The van der Waals surface area contributed by atoms with Gasteiger partial charge in [-0.15, -0.1) is 0 Å². The van der Waals surface area contributed by atoms with Gasteiger partial charge in [0, 0.05) is 6.08 Å². The molecule has 0 aliphatic carbocycles. The van der Waals surface area contributed by atoms with E-state index in [9.17, 15) is 29.7 Å². The largest absolute Gasteiger partial charge is 0.504 e. The monoisotopic (exact) mass is 624 g/mol. The molecule has 0 bridgehead atoms. The minimum absolute atomic E-state index is 0.0345. The number of phenols is 3. The number of aromatic hydroxyl groups is 3. The van der Waals surface area contributed by atoms with Gasteiger partial charge in [0.2, 0.25) is 0 Å². The van der Waals surface area contributed by atoms with Crippen LogP contribution in [0, 0.1) is 0 Å². The van der Waals surface area contributed by atoms with Crippen molar-refractivity contribution in [3.05, 3.63) is 120 Å². The normalized spacial score (nSPS) is 12.3. The molecule has 0 fully saturated rings. The SMILES string of the molecule is CCCCCCCCCC=CC=CC=CC=CC=CC(=O)Oc1ccc(C=CC(=O)CC(=O)C=Cc2ccc(O)c(O)c2)cc1O. The number of allylic oxidation sites excluding steroid dienone is 11. The Morgan fingerprint density at radius 3 is 1.76 bits per heavy atom. The first kappa shape index (κ1) is 37.0. The molecule has 2 rings (SSSR count). The molecule has 3 N–H and O–H groups in total.